The first-order valence-corrected chi connectivity index (χ1v) is 7.72. The lowest BCUT2D eigenvalue weighted by Gasteiger charge is -2.32. The Labute approximate surface area is 103 Å². The first-order valence-electron chi connectivity index (χ1n) is 6.60. The van der Waals surface area contributed by atoms with Crippen LogP contribution in [0.2, 0.25) is 0 Å². The van der Waals surface area contributed by atoms with Crippen molar-refractivity contribution in [1.82, 2.24) is 4.90 Å². The van der Waals surface area contributed by atoms with Gasteiger partial charge in [-0.15, -0.1) is 0 Å². The van der Waals surface area contributed by atoms with Gasteiger partial charge in [0.2, 0.25) is 0 Å². The van der Waals surface area contributed by atoms with Crippen LogP contribution in [0.3, 0.4) is 0 Å². The molecule has 0 aromatic rings. The van der Waals surface area contributed by atoms with Gasteiger partial charge in [0.15, 0.2) is 0 Å². The number of hydrogen-bond donors (Lipinski definition) is 0. The van der Waals surface area contributed by atoms with Crippen LogP contribution in [0.25, 0.3) is 0 Å². The van der Waals surface area contributed by atoms with Gasteiger partial charge in [-0.25, -0.2) is 0 Å². The molecule has 0 aromatic carbocycles. The summed E-state index contributed by atoms with van der Waals surface area (Å²) in [7, 11) is 0. The highest BCUT2D eigenvalue weighted by Crippen LogP contribution is 2.48. The molecular weight excluding hydrogens is 250 g/mol. The van der Waals surface area contributed by atoms with Gasteiger partial charge in [0.25, 0.3) is 0 Å². The number of nitrogens with zero attached hydrogens (tertiary/aromatic N) is 1. The maximum Gasteiger partial charge on any atom is 0.0100 e. The van der Waals surface area contributed by atoms with E-state index in [1.807, 2.05) is 0 Å². The maximum atomic E-state index is 3.69. The summed E-state index contributed by atoms with van der Waals surface area (Å²) < 4.78 is 0. The summed E-state index contributed by atoms with van der Waals surface area (Å²) in [6, 6.07) is 0.879. The Morgan fingerprint density at radius 3 is 2.67 bits per heavy atom. The number of halogens is 1. The summed E-state index contributed by atoms with van der Waals surface area (Å²) in [5, 5.41) is 1.22. The Bertz CT molecular complexity index is 201. The van der Waals surface area contributed by atoms with Crippen LogP contribution in [-0.4, -0.2) is 29.4 Å². The highest BCUT2D eigenvalue weighted by Gasteiger charge is 2.43. The molecule has 15 heavy (non-hydrogen) atoms. The molecule has 2 aliphatic rings. The molecule has 2 fully saturated rings. The van der Waals surface area contributed by atoms with Crippen LogP contribution in [-0.2, 0) is 0 Å². The Kier molecular flexibility index (Phi) is 4.11. The van der Waals surface area contributed by atoms with E-state index in [1.54, 1.807) is 0 Å². The molecule has 0 aromatic heterocycles. The predicted octanol–water partition coefficient (Wildman–Crippen LogP) is 3.82. The Morgan fingerprint density at radius 1 is 1.27 bits per heavy atom. The van der Waals surface area contributed by atoms with Crippen LogP contribution < -0.4 is 0 Å². The van der Waals surface area contributed by atoms with Gasteiger partial charge in [0, 0.05) is 17.9 Å². The fraction of sp³-hybridized carbons (Fsp3) is 1.00. The minimum absolute atomic E-state index is 0.664. The van der Waals surface area contributed by atoms with E-state index in [4.69, 9.17) is 0 Å². The van der Waals surface area contributed by atoms with E-state index in [0.29, 0.717) is 5.41 Å². The zero-order chi connectivity index (χ0) is 10.7. The summed E-state index contributed by atoms with van der Waals surface area (Å²) in [6.45, 7) is 5.07. The van der Waals surface area contributed by atoms with Crippen molar-refractivity contribution in [2.45, 2.75) is 57.9 Å². The molecule has 1 heterocycles. The standard InChI is InChI=1S/C13H24BrN/c1-2-12-6-4-3-5-9-15(12)11-13(10-14)7-8-13/h12H,2-11H2,1H3. The topological polar surface area (TPSA) is 3.24 Å². The van der Waals surface area contributed by atoms with Gasteiger partial charge in [-0.3, -0.25) is 4.90 Å². The second-order valence-corrected chi connectivity index (χ2v) is 6.08. The van der Waals surface area contributed by atoms with E-state index in [-0.39, 0.29) is 0 Å². The van der Waals surface area contributed by atoms with E-state index in [9.17, 15) is 0 Å². The molecule has 1 aliphatic carbocycles. The van der Waals surface area contributed by atoms with Crippen LogP contribution >= 0.6 is 15.9 Å². The van der Waals surface area contributed by atoms with Gasteiger partial charge >= 0.3 is 0 Å². The summed E-state index contributed by atoms with van der Waals surface area (Å²) in [4.78, 5) is 2.79. The van der Waals surface area contributed by atoms with Gasteiger partial charge < -0.3 is 0 Å². The van der Waals surface area contributed by atoms with Crippen LogP contribution in [0, 0.1) is 5.41 Å². The predicted molar refractivity (Wildman–Crippen MR) is 69.6 cm³/mol. The van der Waals surface area contributed by atoms with E-state index < -0.39 is 0 Å². The Balaban J connectivity index is 1.91. The van der Waals surface area contributed by atoms with E-state index in [0.717, 1.165) is 6.04 Å². The highest BCUT2D eigenvalue weighted by molar-refractivity contribution is 9.09. The van der Waals surface area contributed by atoms with Crippen molar-refractivity contribution >= 4 is 15.9 Å². The molecule has 88 valence electrons. The highest BCUT2D eigenvalue weighted by atomic mass is 79.9. The third kappa shape index (κ3) is 2.97. The average molecular weight is 274 g/mol. The van der Waals surface area contributed by atoms with Crippen LogP contribution in [0.5, 0.6) is 0 Å². The van der Waals surface area contributed by atoms with Crippen LogP contribution in [0.1, 0.15) is 51.9 Å². The largest absolute Gasteiger partial charge is 0.300 e. The lowest BCUT2D eigenvalue weighted by molar-refractivity contribution is 0.164. The average Bonchev–Trinajstić information content (AvgIpc) is 3.04. The van der Waals surface area contributed by atoms with Gasteiger partial charge in [-0.2, -0.15) is 0 Å². The van der Waals surface area contributed by atoms with Crippen molar-refractivity contribution in [3.8, 4) is 0 Å². The maximum absolute atomic E-state index is 3.69. The van der Waals surface area contributed by atoms with Crippen molar-refractivity contribution < 1.29 is 0 Å². The molecule has 1 unspecified atom stereocenters. The van der Waals surface area contributed by atoms with Crippen molar-refractivity contribution in [3.63, 3.8) is 0 Å². The van der Waals surface area contributed by atoms with E-state index in [2.05, 4.69) is 27.8 Å². The summed E-state index contributed by atoms with van der Waals surface area (Å²) in [5.74, 6) is 0. The van der Waals surface area contributed by atoms with Crippen LogP contribution in [0.4, 0.5) is 0 Å². The van der Waals surface area contributed by atoms with Gasteiger partial charge in [0.05, 0.1) is 0 Å². The minimum atomic E-state index is 0.664. The van der Waals surface area contributed by atoms with Crippen molar-refractivity contribution in [3.05, 3.63) is 0 Å². The lowest BCUT2D eigenvalue weighted by atomic mass is 10.0. The molecule has 1 atom stereocenters. The smallest absolute Gasteiger partial charge is 0.0100 e. The number of hydrogen-bond acceptors (Lipinski definition) is 1. The first-order chi connectivity index (χ1) is 7.29. The normalized spacial score (nSPS) is 31.2. The SMILES string of the molecule is CCC1CCCCCN1CC1(CBr)CC1. The lowest BCUT2D eigenvalue weighted by Crippen LogP contribution is -2.39. The second-order valence-electron chi connectivity index (χ2n) is 5.52. The zero-order valence-corrected chi connectivity index (χ0v) is 11.6. The molecule has 2 heteroatoms. The van der Waals surface area contributed by atoms with Gasteiger partial charge in [-0.1, -0.05) is 35.7 Å². The molecule has 0 bridgehead atoms. The molecule has 0 spiro atoms. The summed E-state index contributed by atoms with van der Waals surface area (Å²) in [5.41, 5.74) is 0.664. The third-order valence-corrected chi connectivity index (χ3v) is 5.44. The molecule has 1 saturated carbocycles. The monoisotopic (exact) mass is 273 g/mol. The molecule has 0 N–H and O–H groups in total. The Hall–Kier alpha value is 0.440. The number of rotatable bonds is 4. The van der Waals surface area contributed by atoms with Crippen molar-refractivity contribution in [2.24, 2.45) is 5.41 Å². The molecule has 0 amide bonds. The molecule has 1 nitrogen and oxygen atoms in total. The molecule has 1 aliphatic heterocycles. The molecule has 0 radical (unpaired) electrons. The fourth-order valence-electron chi connectivity index (χ4n) is 2.85. The van der Waals surface area contributed by atoms with Gasteiger partial charge in [-0.05, 0) is 44.1 Å². The number of likely N-dealkylation sites (tertiary alicyclic amines) is 1. The first kappa shape index (κ1) is 11.9. The van der Waals surface area contributed by atoms with Crippen molar-refractivity contribution in [1.29, 1.82) is 0 Å². The second kappa shape index (κ2) is 5.18. The molecule has 2 rings (SSSR count). The minimum Gasteiger partial charge on any atom is -0.300 e. The number of alkyl halides is 1. The van der Waals surface area contributed by atoms with Crippen LogP contribution in [0.15, 0.2) is 0 Å². The summed E-state index contributed by atoms with van der Waals surface area (Å²) >= 11 is 3.69. The molecular formula is C13H24BrN. The van der Waals surface area contributed by atoms with E-state index >= 15 is 0 Å². The Morgan fingerprint density at radius 2 is 2.07 bits per heavy atom. The van der Waals surface area contributed by atoms with Gasteiger partial charge in [0.1, 0.15) is 0 Å². The molecule has 1 saturated heterocycles. The van der Waals surface area contributed by atoms with Crippen molar-refractivity contribution in [2.75, 3.05) is 18.4 Å². The fourth-order valence-corrected chi connectivity index (χ4v) is 3.59. The van der Waals surface area contributed by atoms with E-state index in [1.165, 1.54) is 63.4 Å². The zero-order valence-electron chi connectivity index (χ0n) is 9.97. The quantitative estimate of drug-likeness (QED) is 0.704. The third-order valence-electron chi connectivity index (χ3n) is 4.25. The summed E-state index contributed by atoms with van der Waals surface area (Å²) in [6.07, 6.45) is 10.0.